The molecule has 6 heteroatoms. The first-order valence-corrected chi connectivity index (χ1v) is 5.84. The van der Waals surface area contributed by atoms with Crippen LogP contribution >= 0.6 is 15.9 Å². The number of hydrogen-bond donors (Lipinski definition) is 1. The number of anilines is 1. The van der Waals surface area contributed by atoms with E-state index in [1.54, 1.807) is 13.0 Å². The van der Waals surface area contributed by atoms with E-state index < -0.39 is 5.97 Å². The Kier molecular flexibility index (Phi) is 3.33. The highest BCUT2D eigenvalue weighted by Crippen LogP contribution is 2.36. The second kappa shape index (κ2) is 4.75. The molecule has 5 nitrogen and oxygen atoms in total. The summed E-state index contributed by atoms with van der Waals surface area (Å²) in [6, 6.07) is 3.14. The highest BCUT2D eigenvalue weighted by atomic mass is 79.9. The number of halogens is 1. The third kappa shape index (κ3) is 2.41. The number of esters is 1. The highest BCUT2D eigenvalue weighted by Gasteiger charge is 2.21. The van der Waals surface area contributed by atoms with Crippen molar-refractivity contribution in [1.82, 2.24) is 0 Å². The number of benzene rings is 1. The minimum Gasteiger partial charge on any atom is -0.480 e. The maximum atomic E-state index is 11.6. The standard InChI is InChI=1S/C11H10BrNO4/c1-2-16-11(15)6-3-7(12)10-8(4-6)13-9(14)5-17-10/h3-4H,2,5H2,1H3,(H,13,14). The van der Waals surface area contributed by atoms with Gasteiger partial charge in [0.05, 0.1) is 22.3 Å². The zero-order valence-corrected chi connectivity index (χ0v) is 10.7. The van der Waals surface area contributed by atoms with Crippen LogP contribution in [0.3, 0.4) is 0 Å². The fourth-order valence-electron chi connectivity index (χ4n) is 1.49. The first-order chi connectivity index (χ1) is 8.11. The normalized spacial score (nSPS) is 13.4. The van der Waals surface area contributed by atoms with E-state index in [-0.39, 0.29) is 12.5 Å². The predicted molar refractivity (Wildman–Crippen MR) is 64.2 cm³/mol. The van der Waals surface area contributed by atoms with Gasteiger partial charge in [0.2, 0.25) is 0 Å². The first-order valence-electron chi connectivity index (χ1n) is 5.05. The van der Waals surface area contributed by atoms with E-state index in [1.807, 2.05) is 0 Å². The summed E-state index contributed by atoms with van der Waals surface area (Å²) in [5, 5.41) is 2.64. The molecule has 1 heterocycles. The second-order valence-electron chi connectivity index (χ2n) is 3.39. The molecule has 17 heavy (non-hydrogen) atoms. The van der Waals surface area contributed by atoms with E-state index in [1.165, 1.54) is 6.07 Å². The second-order valence-corrected chi connectivity index (χ2v) is 4.25. The summed E-state index contributed by atoms with van der Waals surface area (Å²) < 4.78 is 10.7. The van der Waals surface area contributed by atoms with E-state index in [0.717, 1.165) is 0 Å². The Hall–Kier alpha value is -1.56. The first kappa shape index (κ1) is 11.9. The van der Waals surface area contributed by atoms with Gasteiger partial charge in [-0.25, -0.2) is 4.79 Å². The summed E-state index contributed by atoms with van der Waals surface area (Å²) >= 11 is 3.29. The average molecular weight is 300 g/mol. The molecule has 0 atom stereocenters. The summed E-state index contributed by atoms with van der Waals surface area (Å²) in [6.45, 7) is 2.01. The van der Waals surface area contributed by atoms with Gasteiger partial charge in [0.15, 0.2) is 12.4 Å². The molecule has 0 unspecified atom stereocenters. The van der Waals surface area contributed by atoms with Crippen LogP contribution in [0.1, 0.15) is 17.3 Å². The van der Waals surface area contributed by atoms with Gasteiger partial charge >= 0.3 is 5.97 Å². The number of ether oxygens (including phenoxy) is 2. The van der Waals surface area contributed by atoms with Gasteiger partial charge in [0.1, 0.15) is 0 Å². The number of fused-ring (bicyclic) bond motifs is 1. The zero-order valence-electron chi connectivity index (χ0n) is 9.08. The Morgan fingerprint density at radius 1 is 1.59 bits per heavy atom. The molecular formula is C11H10BrNO4. The molecule has 0 radical (unpaired) electrons. The van der Waals surface area contributed by atoms with Crippen molar-refractivity contribution in [2.45, 2.75) is 6.92 Å². The summed E-state index contributed by atoms with van der Waals surface area (Å²) in [4.78, 5) is 22.7. The summed E-state index contributed by atoms with van der Waals surface area (Å²) in [6.07, 6.45) is 0. The van der Waals surface area contributed by atoms with E-state index in [0.29, 0.717) is 28.1 Å². The molecule has 0 spiro atoms. The number of hydrogen-bond acceptors (Lipinski definition) is 4. The van der Waals surface area contributed by atoms with E-state index in [2.05, 4.69) is 21.2 Å². The third-order valence-electron chi connectivity index (χ3n) is 2.18. The van der Waals surface area contributed by atoms with Gasteiger partial charge in [-0.1, -0.05) is 0 Å². The van der Waals surface area contributed by atoms with Crippen molar-refractivity contribution in [3.8, 4) is 5.75 Å². The largest absolute Gasteiger partial charge is 0.480 e. The van der Waals surface area contributed by atoms with Gasteiger partial charge in [-0.2, -0.15) is 0 Å². The van der Waals surface area contributed by atoms with Crippen LogP contribution in [0.25, 0.3) is 0 Å². The fourth-order valence-corrected chi connectivity index (χ4v) is 2.06. The average Bonchev–Trinajstić information content (AvgIpc) is 2.28. The van der Waals surface area contributed by atoms with Crippen LogP contribution in [0.15, 0.2) is 16.6 Å². The fraction of sp³-hybridized carbons (Fsp3) is 0.273. The molecule has 0 fully saturated rings. The van der Waals surface area contributed by atoms with Crippen molar-refractivity contribution >= 4 is 33.5 Å². The van der Waals surface area contributed by atoms with Crippen LogP contribution in [-0.4, -0.2) is 25.1 Å². The molecule has 0 saturated carbocycles. The van der Waals surface area contributed by atoms with Gasteiger partial charge in [-0.3, -0.25) is 4.79 Å². The lowest BCUT2D eigenvalue weighted by molar-refractivity contribution is -0.118. The summed E-state index contributed by atoms with van der Waals surface area (Å²) in [5.41, 5.74) is 0.835. The molecule has 1 amide bonds. The zero-order chi connectivity index (χ0) is 12.4. The molecule has 1 aromatic carbocycles. The molecule has 2 rings (SSSR count). The molecule has 1 N–H and O–H groups in total. The number of carbonyl (C=O) groups excluding carboxylic acids is 2. The quantitative estimate of drug-likeness (QED) is 0.848. The van der Waals surface area contributed by atoms with Crippen LogP contribution in [0.4, 0.5) is 5.69 Å². The van der Waals surface area contributed by atoms with Crippen molar-refractivity contribution in [2.75, 3.05) is 18.5 Å². The van der Waals surface area contributed by atoms with Gasteiger partial charge in [-0.05, 0) is 35.0 Å². The highest BCUT2D eigenvalue weighted by molar-refractivity contribution is 9.10. The van der Waals surface area contributed by atoms with Crippen LogP contribution in [0.2, 0.25) is 0 Å². The Morgan fingerprint density at radius 3 is 3.06 bits per heavy atom. The molecule has 1 aliphatic heterocycles. The monoisotopic (exact) mass is 299 g/mol. The number of rotatable bonds is 2. The van der Waals surface area contributed by atoms with E-state index in [9.17, 15) is 9.59 Å². The predicted octanol–water partition coefficient (Wildman–Crippen LogP) is 1.96. The van der Waals surface area contributed by atoms with Crippen LogP contribution in [0.5, 0.6) is 5.75 Å². The maximum Gasteiger partial charge on any atom is 0.338 e. The van der Waals surface area contributed by atoms with E-state index in [4.69, 9.17) is 9.47 Å². The Labute approximate surface area is 106 Å². The van der Waals surface area contributed by atoms with Crippen LogP contribution < -0.4 is 10.1 Å². The molecule has 90 valence electrons. The van der Waals surface area contributed by atoms with E-state index >= 15 is 0 Å². The Bertz CT molecular complexity index is 487. The smallest absolute Gasteiger partial charge is 0.338 e. The molecule has 1 aliphatic rings. The lowest BCUT2D eigenvalue weighted by Crippen LogP contribution is -2.26. The third-order valence-corrected chi connectivity index (χ3v) is 2.77. The summed E-state index contributed by atoms with van der Waals surface area (Å²) in [7, 11) is 0. The van der Waals surface area contributed by atoms with Crippen molar-refractivity contribution in [1.29, 1.82) is 0 Å². The molecule has 0 saturated heterocycles. The maximum absolute atomic E-state index is 11.6. The molecule has 1 aromatic rings. The Balaban J connectivity index is 2.38. The lowest BCUT2D eigenvalue weighted by atomic mass is 10.1. The minimum absolute atomic E-state index is 0.0235. The van der Waals surface area contributed by atoms with Crippen molar-refractivity contribution < 1.29 is 19.1 Å². The van der Waals surface area contributed by atoms with Crippen molar-refractivity contribution in [2.24, 2.45) is 0 Å². The van der Waals surface area contributed by atoms with Gasteiger partial charge < -0.3 is 14.8 Å². The number of amides is 1. The van der Waals surface area contributed by atoms with Gasteiger partial charge in [-0.15, -0.1) is 0 Å². The van der Waals surface area contributed by atoms with Gasteiger partial charge in [0.25, 0.3) is 5.91 Å². The minimum atomic E-state index is -0.434. The lowest BCUT2D eigenvalue weighted by Gasteiger charge is -2.19. The van der Waals surface area contributed by atoms with Crippen LogP contribution in [0, 0.1) is 0 Å². The summed E-state index contributed by atoms with van der Waals surface area (Å²) in [5.74, 6) is -0.154. The molecule has 0 aromatic heterocycles. The van der Waals surface area contributed by atoms with Crippen LogP contribution in [-0.2, 0) is 9.53 Å². The van der Waals surface area contributed by atoms with Crippen molar-refractivity contribution in [3.63, 3.8) is 0 Å². The molecule has 0 bridgehead atoms. The number of nitrogens with one attached hydrogen (secondary N) is 1. The SMILES string of the molecule is CCOC(=O)c1cc(Br)c2c(c1)NC(=O)CO2. The van der Waals surface area contributed by atoms with Gasteiger partial charge in [0, 0.05) is 0 Å². The topological polar surface area (TPSA) is 64.6 Å². The van der Waals surface area contributed by atoms with Crippen molar-refractivity contribution in [3.05, 3.63) is 22.2 Å². The molecule has 0 aliphatic carbocycles. The molecular weight excluding hydrogens is 290 g/mol. The Morgan fingerprint density at radius 2 is 2.35 bits per heavy atom. The number of carbonyl (C=O) groups is 2.